The molecule has 0 saturated carbocycles. The highest BCUT2D eigenvalue weighted by atomic mass is 32.2. The number of sulfonamides is 1. The predicted molar refractivity (Wildman–Crippen MR) is 97.3 cm³/mol. The maximum absolute atomic E-state index is 12.6. The van der Waals surface area contributed by atoms with Crippen LogP contribution in [0.2, 0.25) is 0 Å². The molecule has 0 saturated heterocycles. The Morgan fingerprint density at radius 3 is 2.96 bits per heavy atom. The topological polar surface area (TPSA) is 95.2 Å². The number of carbonyl (C=O) groups is 1. The van der Waals surface area contributed by atoms with Crippen LogP contribution in [0.4, 0.5) is 5.13 Å². The van der Waals surface area contributed by atoms with Gasteiger partial charge >= 0.3 is 0 Å². The molecular formula is C16H16N4O3S2. The van der Waals surface area contributed by atoms with Gasteiger partial charge in [-0.05, 0) is 6.07 Å². The number of aromatic nitrogens is 2. The Balaban J connectivity index is 1.56. The Morgan fingerprint density at radius 2 is 2.16 bits per heavy atom. The number of nitrogens with one attached hydrogen (secondary N) is 2. The summed E-state index contributed by atoms with van der Waals surface area (Å²) in [6.07, 6.45) is 3.44. The van der Waals surface area contributed by atoms with Gasteiger partial charge in [0.2, 0.25) is 10.0 Å². The number of fused-ring (bicyclic) bond motifs is 2. The molecule has 0 unspecified atom stereocenters. The van der Waals surface area contributed by atoms with Crippen LogP contribution in [0.5, 0.6) is 0 Å². The van der Waals surface area contributed by atoms with Crippen LogP contribution in [0.25, 0.3) is 10.9 Å². The Bertz CT molecular complexity index is 1070. The van der Waals surface area contributed by atoms with Crippen molar-refractivity contribution in [1.82, 2.24) is 14.3 Å². The molecule has 25 heavy (non-hydrogen) atoms. The Kier molecular flexibility index (Phi) is 3.86. The van der Waals surface area contributed by atoms with Crippen molar-refractivity contribution in [2.24, 2.45) is 0 Å². The Morgan fingerprint density at radius 1 is 1.36 bits per heavy atom. The van der Waals surface area contributed by atoms with E-state index in [0.29, 0.717) is 30.2 Å². The molecule has 3 aromatic rings. The van der Waals surface area contributed by atoms with Crippen LogP contribution >= 0.6 is 11.3 Å². The van der Waals surface area contributed by atoms with Crippen LogP contribution < -0.4 is 5.32 Å². The van der Waals surface area contributed by atoms with Crippen molar-refractivity contribution >= 4 is 43.3 Å². The summed E-state index contributed by atoms with van der Waals surface area (Å²) in [4.78, 5) is 21.0. The van der Waals surface area contributed by atoms with Crippen molar-refractivity contribution in [2.75, 3.05) is 18.1 Å². The van der Waals surface area contributed by atoms with Gasteiger partial charge in [-0.2, -0.15) is 4.31 Å². The Labute approximate surface area is 148 Å². The van der Waals surface area contributed by atoms with Gasteiger partial charge in [-0.3, -0.25) is 10.1 Å². The molecule has 0 spiro atoms. The molecule has 0 aliphatic carbocycles. The number of carbonyl (C=O) groups excluding carboxylic acids is 1. The zero-order valence-corrected chi connectivity index (χ0v) is 15.1. The number of para-hydroxylation sites is 1. The minimum Gasteiger partial charge on any atom is -0.360 e. The summed E-state index contributed by atoms with van der Waals surface area (Å²) in [5, 5.41) is 4.18. The first-order valence-corrected chi connectivity index (χ1v) is 10.4. The number of thiazole rings is 1. The summed E-state index contributed by atoms with van der Waals surface area (Å²) < 4.78 is 24.8. The first-order chi connectivity index (χ1) is 11.9. The van der Waals surface area contributed by atoms with Crippen molar-refractivity contribution in [3.8, 4) is 0 Å². The molecular weight excluding hydrogens is 360 g/mol. The second kappa shape index (κ2) is 5.94. The van der Waals surface area contributed by atoms with Crippen molar-refractivity contribution in [2.45, 2.75) is 13.0 Å². The van der Waals surface area contributed by atoms with Crippen LogP contribution in [0, 0.1) is 0 Å². The average Bonchev–Trinajstić information content (AvgIpc) is 3.16. The summed E-state index contributed by atoms with van der Waals surface area (Å²) in [5.74, 6) is -0.233. The van der Waals surface area contributed by atoms with Gasteiger partial charge in [-0.1, -0.05) is 18.2 Å². The lowest BCUT2D eigenvalue weighted by atomic mass is 10.2. The Hall–Kier alpha value is -2.23. The third-order valence-electron chi connectivity index (χ3n) is 4.22. The number of benzene rings is 1. The molecule has 4 rings (SSSR count). The van der Waals surface area contributed by atoms with E-state index in [1.54, 1.807) is 6.20 Å². The van der Waals surface area contributed by atoms with E-state index in [2.05, 4.69) is 15.3 Å². The molecule has 2 aromatic heterocycles. The second-order valence-corrected chi connectivity index (χ2v) is 9.00. The molecule has 130 valence electrons. The maximum Gasteiger partial charge on any atom is 0.259 e. The van der Waals surface area contributed by atoms with Gasteiger partial charge in [0, 0.05) is 41.5 Å². The van der Waals surface area contributed by atoms with Crippen LogP contribution in [-0.4, -0.2) is 41.4 Å². The highest BCUT2D eigenvalue weighted by molar-refractivity contribution is 7.88. The number of rotatable bonds is 3. The van der Waals surface area contributed by atoms with E-state index in [1.165, 1.54) is 21.9 Å². The molecule has 1 aliphatic heterocycles. The molecule has 2 N–H and O–H groups in total. The standard InChI is InChI=1S/C16H16N4O3S2/c1-25(22,23)20-7-6-13-14(9-20)24-16(18-13)19-15(21)11-8-17-12-5-3-2-4-10(11)12/h2-5,8,17H,6-7,9H2,1H3,(H,18,19,21). The highest BCUT2D eigenvalue weighted by Crippen LogP contribution is 2.30. The number of hydrogen-bond donors (Lipinski definition) is 2. The molecule has 0 fully saturated rings. The predicted octanol–water partition coefficient (Wildman–Crippen LogP) is 2.19. The zero-order valence-electron chi connectivity index (χ0n) is 13.4. The van der Waals surface area contributed by atoms with Gasteiger partial charge in [0.25, 0.3) is 5.91 Å². The third kappa shape index (κ3) is 3.06. The maximum atomic E-state index is 12.6. The van der Waals surface area contributed by atoms with E-state index in [9.17, 15) is 13.2 Å². The average molecular weight is 376 g/mol. The third-order valence-corrected chi connectivity index (χ3v) is 6.47. The first kappa shape index (κ1) is 16.2. The SMILES string of the molecule is CS(=O)(=O)N1CCc2nc(NC(=O)c3c[nH]c4ccccc34)sc2C1. The zero-order chi connectivity index (χ0) is 17.6. The van der Waals surface area contributed by atoms with E-state index in [4.69, 9.17) is 0 Å². The molecule has 7 nitrogen and oxygen atoms in total. The monoisotopic (exact) mass is 376 g/mol. The van der Waals surface area contributed by atoms with Crippen molar-refractivity contribution in [3.63, 3.8) is 0 Å². The summed E-state index contributed by atoms with van der Waals surface area (Å²) in [6, 6.07) is 7.59. The summed E-state index contributed by atoms with van der Waals surface area (Å²) >= 11 is 1.33. The van der Waals surface area contributed by atoms with E-state index in [-0.39, 0.29) is 5.91 Å². The van der Waals surface area contributed by atoms with Crippen LogP contribution in [0.15, 0.2) is 30.5 Å². The fraction of sp³-hybridized carbons (Fsp3) is 0.250. The lowest BCUT2D eigenvalue weighted by molar-refractivity contribution is 0.102. The molecule has 0 radical (unpaired) electrons. The molecule has 0 bridgehead atoms. The lowest BCUT2D eigenvalue weighted by Crippen LogP contribution is -2.34. The fourth-order valence-electron chi connectivity index (χ4n) is 2.93. The van der Waals surface area contributed by atoms with Crippen LogP contribution in [-0.2, 0) is 23.0 Å². The minimum atomic E-state index is -3.22. The van der Waals surface area contributed by atoms with E-state index in [1.807, 2.05) is 24.3 Å². The van der Waals surface area contributed by atoms with Crippen LogP contribution in [0.1, 0.15) is 20.9 Å². The first-order valence-electron chi connectivity index (χ1n) is 7.73. The minimum absolute atomic E-state index is 0.233. The van der Waals surface area contributed by atoms with E-state index >= 15 is 0 Å². The highest BCUT2D eigenvalue weighted by Gasteiger charge is 2.26. The molecule has 1 aromatic carbocycles. The quantitative estimate of drug-likeness (QED) is 0.732. The molecule has 1 aliphatic rings. The lowest BCUT2D eigenvalue weighted by Gasteiger charge is -2.23. The number of H-pyrrole nitrogens is 1. The van der Waals surface area contributed by atoms with Gasteiger partial charge in [-0.25, -0.2) is 13.4 Å². The van der Waals surface area contributed by atoms with Crippen molar-refractivity contribution in [3.05, 3.63) is 46.6 Å². The fourth-order valence-corrected chi connectivity index (χ4v) is 4.82. The largest absolute Gasteiger partial charge is 0.360 e. The van der Waals surface area contributed by atoms with Gasteiger partial charge in [0.05, 0.1) is 17.5 Å². The summed E-state index contributed by atoms with van der Waals surface area (Å²) in [6.45, 7) is 0.736. The van der Waals surface area contributed by atoms with Crippen molar-refractivity contribution < 1.29 is 13.2 Å². The van der Waals surface area contributed by atoms with Gasteiger partial charge < -0.3 is 4.98 Å². The van der Waals surface area contributed by atoms with Gasteiger partial charge in [-0.15, -0.1) is 11.3 Å². The van der Waals surface area contributed by atoms with Gasteiger partial charge in [0.1, 0.15) is 0 Å². The number of aromatic amines is 1. The number of amides is 1. The summed E-state index contributed by atoms with van der Waals surface area (Å²) in [5.41, 5.74) is 2.32. The molecule has 1 amide bonds. The second-order valence-electron chi connectivity index (χ2n) is 5.94. The van der Waals surface area contributed by atoms with Crippen LogP contribution in [0.3, 0.4) is 0 Å². The smallest absolute Gasteiger partial charge is 0.259 e. The number of hydrogen-bond acceptors (Lipinski definition) is 5. The number of anilines is 1. The molecule has 9 heteroatoms. The normalized spacial score (nSPS) is 15.2. The van der Waals surface area contributed by atoms with Gasteiger partial charge in [0.15, 0.2) is 5.13 Å². The molecule has 3 heterocycles. The van der Waals surface area contributed by atoms with E-state index in [0.717, 1.165) is 21.5 Å². The summed E-state index contributed by atoms with van der Waals surface area (Å²) in [7, 11) is -3.22. The molecule has 0 atom stereocenters. The number of nitrogens with zero attached hydrogens (tertiary/aromatic N) is 2. The van der Waals surface area contributed by atoms with Crippen molar-refractivity contribution in [1.29, 1.82) is 0 Å². The van der Waals surface area contributed by atoms with E-state index < -0.39 is 10.0 Å².